The Morgan fingerprint density at radius 1 is 1.42 bits per heavy atom. The number of rotatable bonds is 4. The molecule has 1 amide bonds. The second-order valence-electron chi connectivity index (χ2n) is 3.78. The van der Waals surface area contributed by atoms with Crippen molar-refractivity contribution >= 4 is 15.9 Å². The number of nitrogens with two attached hydrogens (primary N) is 1. The van der Waals surface area contributed by atoms with Crippen LogP contribution in [0.15, 0.2) is 29.7 Å². The molecule has 1 rings (SSSR count). The van der Waals surface area contributed by atoms with Crippen LogP contribution in [0.2, 0.25) is 0 Å². The van der Waals surface area contributed by atoms with Crippen LogP contribution in [0.3, 0.4) is 0 Å². The van der Waals surface area contributed by atoms with Crippen molar-refractivity contribution in [1.82, 2.24) is 4.90 Å². The maximum absolute atomic E-state index is 13.2. The third-order valence-electron chi connectivity index (χ3n) is 2.31. The first-order valence-corrected chi connectivity index (χ1v) is 6.61. The second kappa shape index (κ2) is 5.45. The number of primary sulfonamides is 1. The maximum atomic E-state index is 13.2. The summed E-state index contributed by atoms with van der Waals surface area (Å²) in [4.78, 5) is 12.3. The van der Waals surface area contributed by atoms with Gasteiger partial charge in [-0.2, -0.15) is 0 Å². The Bertz CT molecular complexity index is 629. The number of halogens is 2. The minimum absolute atomic E-state index is 0.113. The normalized spacial score (nSPS) is 11.2. The average molecular weight is 290 g/mol. The standard InChI is InChI=1S/C11H12F2N2O3S/c1-3-4-15(2)11(16)7-5-8(12)9(13)6-10(7)19(14,17)18/h3,5-6H,1,4H2,2H3,(H2,14,17,18). The average Bonchev–Trinajstić information content (AvgIpc) is 2.30. The molecule has 0 atom stereocenters. The Morgan fingerprint density at radius 2 is 1.95 bits per heavy atom. The van der Waals surface area contributed by atoms with E-state index in [1.54, 1.807) is 0 Å². The molecule has 0 aliphatic heterocycles. The van der Waals surface area contributed by atoms with Crippen LogP contribution in [0.25, 0.3) is 0 Å². The maximum Gasteiger partial charge on any atom is 0.255 e. The molecule has 0 fully saturated rings. The van der Waals surface area contributed by atoms with Crippen molar-refractivity contribution in [3.63, 3.8) is 0 Å². The summed E-state index contributed by atoms with van der Waals surface area (Å²) in [6.45, 7) is 3.52. The quantitative estimate of drug-likeness (QED) is 0.835. The summed E-state index contributed by atoms with van der Waals surface area (Å²) >= 11 is 0. The first kappa shape index (κ1) is 15.3. The van der Waals surface area contributed by atoms with Crippen LogP contribution in [-0.2, 0) is 10.0 Å². The molecule has 0 radical (unpaired) electrons. The molecule has 0 unspecified atom stereocenters. The molecule has 1 aromatic carbocycles. The summed E-state index contributed by atoms with van der Waals surface area (Å²) in [7, 11) is -2.99. The summed E-state index contributed by atoms with van der Waals surface area (Å²) in [5.41, 5.74) is -0.522. The van der Waals surface area contributed by atoms with E-state index in [0.29, 0.717) is 12.1 Å². The van der Waals surface area contributed by atoms with Gasteiger partial charge in [-0.25, -0.2) is 22.3 Å². The summed E-state index contributed by atoms with van der Waals surface area (Å²) in [6.07, 6.45) is 1.40. The second-order valence-corrected chi connectivity index (χ2v) is 5.31. The van der Waals surface area contributed by atoms with Crippen molar-refractivity contribution in [3.8, 4) is 0 Å². The van der Waals surface area contributed by atoms with E-state index >= 15 is 0 Å². The van der Waals surface area contributed by atoms with E-state index in [4.69, 9.17) is 5.14 Å². The number of sulfonamides is 1. The molecule has 8 heteroatoms. The van der Waals surface area contributed by atoms with Gasteiger partial charge in [-0.05, 0) is 12.1 Å². The highest BCUT2D eigenvalue weighted by atomic mass is 32.2. The van der Waals surface area contributed by atoms with E-state index in [2.05, 4.69) is 6.58 Å². The highest BCUT2D eigenvalue weighted by Gasteiger charge is 2.24. The fourth-order valence-corrected chi connectivity index (χ4v) is 2.13. The Morgan fingerprint density at radius 3 is 2.42 bits per heavy atom. The minimum Gasteiger partial charge on any atom is -0.338 e. The Kier molecular flexibility index (Phi) is 4.38. The summed E-state index contributed by atoms with van der Waals surface area (Å²) < 4.78 is 48.8. The van der Waals surface area contributed by atoms with Crippen LogP contribution in [-0.4, -0.2) is 32.8 Å². The number of carbonyl (C=O) groups excluding carboxylic acids is 1. The number of benzene rings is 1. The topological polar surface area (TPSA) is 80.5 Å². The third-order valence-corrected chi connectivity index (χ3v) is 3.26. The van der Waals surface area contributed by atoms with Crippen molar-refractivity contribution in [3.05, 3.63) is 42.0 Å². The van der Waals surface area contributed by atoms with Crippen molar-refractivity contribution in [2.24, 2.45) is 5.14 Å². The first-order chi connectivity index (χ1) is 8.68. The van der Waals surface area contributed by atoms with E-state index in [1.165, 1.54) is 13.1 Å². The van der Waals surface area contributed by atoms with Crippen molar-refractivity contribution in [2.45, 2.75) is 4.90 Å². The molecular weight excluding hydrogens is 278 g/mol. The van der Waals surface area contributed by atoms with Gasteiger partial charge in [-0.15, -0.1) is 6.58 Å². The van der Waals surface area contributed by atoms with Crippen LogP contribution < -0.4 is 5.14 Å². The number of nitrogens with zero attached hydrogens (tertiary/aromatic N) is 1. The first-order valence-electron chi connectivity index (χ1n) is 5.06. The van der Waals surface area contributed by atoms with Gasteiger partial charge in [0.25, 0.3) is 5.91 Å². The number of hydrogen-bond donors (Lipinski definition) is 1. The molecule has 19 heavy (non-hydrogen) atoms. The van der Waals surface area contributed by atoms with Gasteiger partial charge in [-0.3, -0.25) is 4.79 Å². The third kappa shape index (κ3) is 3.36. The fourth-order valence-electron chi connectivity index (χ4n) is 1.41. The zero-order valence-electron chi connectivity index (χ0n) is 10.1. The van der Waals surface area contributed by atoms with Gasteiger partial charge in [0.05, 0.1) is 10.5 Å². The monoisotopic (exact) mass is 290 g/mol. The van der Waals surface area contributed by atoms with Crippen LogP contribution in [0.1, 0.15) is 10.4 Å². The highest BCUT2D eigenvalue weighted by molar-refractivity contribution is 7.89. The molecule has 104 valence electrons. The van der Waals surface area contributed by atoms with Gasteiger partial charge in [-0.1, -0.05) is 6.08 Å². The molecule has 5 nitrogen and oxygen atoms in total. The number of likely N-dealkylation sites (N-methyl/N-ethyl adjacent to an activating group) is 1. The number of hydrogen-bond acceptors (Lipinski definition) is 3. The fraction of sp³-hybridized carbons (Fsp3) is 0.182. The van der Waals surface area contributed by atoms with Crippen molar-refractivity contribution in [2.75, 3.05) is 13.6 Å². The number of carbonyl (C=O) groups is 1. The molecular formula is C11H12F2N2O3S. The van der Waals surface area contributed by atoms with Crippen LogP contribution in [0, 0.1) is 11.6 Å². The van der Waals surface area contributed by atoms with E-state index in [-0.39, 0.29) is 6.54 Å². The molecule has 0 aromatic heterocycles. The molecule has 2 N–H and O–H groups in total. The molecule has 0 aliphatic carbocycles. The van der Waals surface area contributed by atoms with E-state index in [0.717, 1.165) is 4.90 Å². The summed E-state index contributed by atoms with van der Waals surface area (Å²) in [5.74, 6) is -3.53. The Balaban J connectivity index is 3.45. The predicted octanol–water partition coefficient (Wildman–Crippen LogP) is 0.870. The van der Waals surface area contributed by atoms with E-state index in [1.807, 2.05) is 0 Å². The smallest absolute Gasteiger partial charge is 0.255 e. The minimum atomic E-state index is -4.35. The van der Waals surface area contributed by atoms with Gasteiger partial charge < -0.3 is 4.90 Å². The number of amides is 1. The summed E-state index contributed by atoms with van der Waals surface area (Å²) in [5, 5.41) is 4.88. The van der Waals surface area contributed by atoms with Gasteiger partial charge in [0.15, 0.2) is 11.6 Å². The molecule has 0 heterocycles. The van der Waals surface area contributed by atoms with Gasteiger partial charge in [0.2, 0.25) is 10.0 Å². The van der Waals surface area contributed by atoms with Gasteiger partial charge in [0, 0.05) is 13.6 Å². The predicted molar refractivity (Wildman–Crippen MR) is 64.9 cm³/mol. The lowest BCUT2D eigenvalue weighted by Gasteiger charge is -2.16. The van der Waals surface area contributed by atoms with Gasteiger partial charge >= 0.3 is 0 Å². The van der Waals surface area contributed by atoms with Crippen molar-refractivity contribution < 1.29 is 22.0 Å². The lowest BCUT2D eigenvalue weighted by molar-refractivity contribution is 0.0805. The Labute approximate surface area is 109 Å². The van der Waals surface area contributed by atoms with E-state index < -0.39 is 38.0 Å². The molecule has 0 spiro atoms. The zero-order chi connectivity index (χ0) is 14.8. The molecule has 0 saturated carbocycles. The molecule has 1 aromatic rings. The SMILES string of the molecule is C=CCN(C)C(=O)c1cc(F)c(F)cc1S(N)(=O)=O. The van der Waals surface area contributed by atoms with Gasteiger partial charge in [0.1, 0.15) is 0 Å². The lowest BCUT2D eigenvalue weighted by Crippen LogP contribution is -2.29. The summed E-state index contributed by atoms with van der Waals surface area (Å²) in [6, 6.07) is 0.899. The van der Waals surface area contributed by atoms with Crippen molar-refractivity contribution in [1.29, 1.82) is 0 Å². The molecule has 0 bridgehead atoms. The largest absolute Gasteiger partial charge is 0.338 e. The lowest BCUT2D eigenvalue weighted by atomic mass is 10.2. The zero-order valence-corrected chi connectivity index (χ0v) is 10.9. The van der Waals surface area contributed by atoms with E-state index in [9.17, 15) is 22.0 Å². The Hall–Kier alpha value is -1.80. The highest BCUT2D eigenvalue weighted by Crippen LogP contribution is 2.20. The molecule has 0 saturated heterocycles. The van der Waals surface area contributed by atoms with Crippen LogP contribution in [0.5, 0.6) is 0 Å². The van der Waals surface area contributed by atoms with Crippen LogP contribution in [0.4, 0.5) is 8.78 Å². The van der Waals surface area contributed by atoms with Crippen LogP contribution >= 0.6 is 0 Å². The molecule has 0 aliphatic rings.